The van der Waals surface area contributed by atoms with E-state index in [1.807, 2.05) is 50.2 Å². The summed E-state index contributed by atoms with van der Waals surface area (Å²) < 4.78 is 23.4. The van der Waals surface area contributed by atoms with Crippen molar-refractivity contribution in [2.75, 3.05) is 46.0 Å². The molecule has 0 spiro atoms. The van der Waals surface area contributed by atoms with Gasteiger partial charge in [-0.1, -0.05) is 48.2 Å². The zero-order valence-corrected chi connectivity index (χ0v) is 25.2. The molecule has 2 fully saturated rings. The van der Waals surface area contributed by atoms with E-state index in [0.717, 1.165) is 30.0 Å². The molecule has 6 rings (SSSR count). The number of quaternary nitrogens is 1. The zero-order chi connectivity index (χ0) is 30.6. The number of carbonyl (C=O) groups excluding carboxylic acids is 2. The zero-order valence-electron chi connectivity index (χ0n) is 25.2. The monoisotopic (exact) mass is 598 g/mol. The standard InChI is InChI=1S/C35H38N2O7/c1-3-42-30-21-25(9-12-29(30)43-22-24-7-5-4-6-8-24)32-31(33(38)26-10-11-28-27(20-26)19-23(2)44-28)34(39)35(40)37(32)14-13-36-15-17-41-18-16-36/h4-12,20-21,23,32,38H,3,13-19,22H2,1-2H3/b33-31+. The number of Topliss-reactive ketones (excluding diaryl/α,β-unsaturated/α-hetero) is 1. The Balaban J connectivity index is 1.37. The number of nitrogens with zero attached hydrogens (tertiary/aromatic N) is 1. The van der Waals surface area contributed by atoms with Crippen molar-refractivity contribution in [1.29, 1.82) is 0 Å². The highest BCUT2D eigenvalue weighted by Crippen LogP contribution is 2.42. The number of likely N-dealkylation sites (tertiary alicyclic amines) is 1. The van der Waals surface area contributed by atoms with Gasteiger partial charge in [-0.25, -0.2) is 0 Å². The second kappa shape index (κ2) is 13.1. The first-order valence-corrected chi connectivity index (χ1v) is 15.3. The number of carbonyl (C=O) groups is 2. The molecule has 0 aromatic heterocycles. The number of ether oxygens (including phenoxy) is 4. The van der Waals surface area contributed by atoms with Crippen molar-refractivity contribution in [1.82, 2.24) is 4.90 Å². The average molecular weight is 599 g/mol. The minimum atomic E-state index is -0.853. The Bertz CT molecular complexity index is 1550. The van der Waals surface area contributed by atoms with Crippen LogP contribution in [0.25, 0.3) is 5.76 Å². The number of hydrogen-bond donors (Lipinski definition) is 1. The van der Waals surface area contributed by atoms with Crippen LogP contribution >= 0.6 is 0 Å². The summed E-state index contributed by atoms with van der Waals surface area (Å²) in [5, 5.41) is 14.1. The third kappa shape index (κ3) is 6.16. The Morgan fingerprint density at radius 3 is 2.57 bits per heavy atom. The Morgan fingerprint density at radius 2 is 1.80 bits per heavy atom. The lowest BCUT2D eigenvalue weighted by molar-refractivity contribution is -0.907. The van der Waals surface area contributed by atoms with E-state index in [1.165, 1.54) is 4.90 Å². The van der Waals surface area contributed by atoms with Crippen molar-refractivity contribution in [3.8, 4) is 17.2 Å². The van der Waals surface area contributed by atoms with Crippen LogP contribution in [0.15, 0.2) is 72.3 Å². The van der Waals surface area contributed by atoms with E-state index >= 15 is 0 Å². The number of fused-ring (bicyclic) bond motifs is 1. The molecule has 9 heteroatoms. The van der Waals surface area contributed by atoms with Crippen LogP contribution in [0, 0.1) is 0 Å². The Kier molecular flexibility index (Phi) is 8.86. The smallest absolute Gasteiger partial charge is 0.295 e. The van der Waals surface area contributed by atoms with Crippen LogP contribution in [0.2, 0.25) is 0 Å². The molecule has 0 saturated carbocycles. The number of nitrogens with one attached hydrogen (secondary N) is 1. The van der Waals surface area contributed by atoms with Crippen molar-refractivity contribution in [2.24, 2.45) is 0 Å². The molecule has 0 radical (unpaired) electrons. The number of benzene rings is 3. The first kappa shape index (κ1) is 29.7. The molecular weight excluding hydrogens is 560 g/mol. The number of morpholine rings is 1. The lowest BCUT2D eigenvalue weighted by atomic mass is 9.94. The highest BCUT2D eigenvalue weighted by molar-refractivity contribution is 6.46. The van der Waals surface area contributed by atoms with E-state index in [9.17, 15) is 14.7 Å². The molecule has 2 saturated heterocycles. The Hall–Kier alpha value is -4.34. The number of hydrogen-bond acceptors (Lipinski definition) is 7. The van der Waals surface area contributed by atoms with E-state index < -0.39 is 23.5 Å². The lowest BCUT2D eigenvalue weighted by Gasteiger charge is -2.30. The maximum atomic E-state index is 14.1. The van der Waals surface area contributed by atoms with Gasteiger partial charge in [-0.3, -0.25) is 9.59 Å². The van der Waals surface area contributed by atoms with Gasteiger partial charge in [0.25, 0.3) is 5.91 Å². The summed E-state index contributed by atoms with van der Waals surface area (Å²) in [7, 11) is 0. The molecule has 3 aromatic carbocycles. The number of ketones is 1. The Labute approximate surface area is 257 Å². The topological polar surface area (TPSA) is 102 Å². The quantitative estimate of drug-likeness (QED) is 0.217. The fraction of sp³-hybridized carbons (Fsp3) is 0.371. The molecule has 0 aliphatic carbocycles. The van der Waals surface area contributed by atoms with E-state index in [1.54, 1.807) is 35.2 Å². The van der Waals surface area contributed by atoms with E-state index in [2.05, 4.69) is 0 Å². The van der Waals surface area contributed by atoms with E-state index in [-0.39, 0.29) is 11.7 Å². The highest BCUT2D eigenvalue weighted by Gasteiger charge is 2.45. The number of amides is 1. The maximum Gasteiger partial charge on any atom is 0.295 e. The molecule has 3 aliphatic rings. The molecule has 44 heavy (non-hydrogen) atoms. The summed E-state index contributed by atoms with van der Waals surface area (Å²) in [5.41, 5.74) is 2.88. The summed E-state index contributed by atoms with van der Waals surface area (Å²) in [4.78, 5) is 30.0. The van der Waals surface area contributed by atoms with Crippen LogP contribution in [0.4, 0.5) is 0 Å². The van der Waals surface area contributed by atoms with Gasteiger partial charge in [0.15, 0.2) is 11.5 Å². The predicted molar refractivity (Wildman–Crippen MR) is 161 cm³/mol. The van der Waals surface area contributed by atoms with Crippen LogP contribution < -0.4 is 24.2 Å². The van der Waals surface area contributed by atoms with Crippen LogP contribution in [-0.4, -0.2) is 68.7 Å². The molecule has 3 heterocycles. The minimum absolute atomic E-state index is 0.0169. The molecule has 3 aromatic rings. The average Bonchev–Trinajstić information content (AvgIpc) is 3.54. The number of rotatable bonds is 10. The summed E-state index contributed by atoms with van der Waals surface area (Å²) in [6, 6.07) is 19.6. The Morgan fingerprint density at radius 1 is 1.00 bits per heavy atom. The SMILES string of the molecule is CCOc1cc(C2/C(=C(\[O-])c3ccc4c(c3)CC(C)O4)C(=O)C(=O)N2CC[NH+]2CCOCC2)ccc1OCc1ccccc1. The molecule has 9 nitrogen and oxygen atoms in total. The predicted octanol–water partition coefficient (Wildman–Crippen LogP) is 2.13. The van der Waals surface area contributed by atoms with Crippen molar-refractivity contribution < 1.29 is 38.5 Å². The largest absolute Gasteiger partial charge is 0.872 e. The van der Waals surface area contributed by atoms with Crippen molar-refractivity contribution >= 4 is 17.4 Å². The molecule has 230 valence electrons. The van der Waals surface area contributed by atoms with Gasteiger partial charge < -0.3 is 33.9 Å². The summed E-state index contributed by atoms with van der Waals surface area (Å²) in [6.45, 7) is 8.54. The summed E-state index contributed by atoms with van der Waals surface area (Å²) in [6.07, 6.45) is 0.696. The second-order valence-corrected chi connectivity index (χ2v) is 11.5. The lowest BCUT2D eigenvalue weighted by Crippen LogP contribution is -3.14. The first-order chi connectivity index (χ1) is 21.4. The third-order valence-electron chi connectivity index (χ3n) is 8.41. The van der Waals surface area contributed by atoms with Crippen LogP contribution in [0.5, 0.6) is 17.2 Å². The summed E-state index contributed by atoms with van der Waals surface area (Å²) in [5.74, 6) is -0.0933. The molecule has 3 aliphatic heterocycles. The normalized spacial score (nSPS) is 21.3. The van der Waals surface area contributed by atoms with Crippen LogP contribution in [0.1, 0.15) is 42.1 Å². The first-order valence-electron chi connectivity index (χ1n) is 15.3. The molecular formula is C35H38N2O7. The molecule has 0 bridgehead atoms. The van der Waals surface area contributed by atoms with Gasteiger partial charge in [0.05, 0.1) is 39.0 Å². The molecule has 1 amide bonds. The molecule has 1 N–H and O–H groups in total. The van der Waals surface area contributed by atoms with Gasteiger partial charge in [0, 0.05) is 12.0 Å². The van der Waals surface area contributed by atoms with Gasteiger partial charge in [0.1, 0.15) is 31.5 Å². The third-order valence-corrected chi connectivity index (χ3v) is 8.41. The van der Waals surface area contributed by atoms with Crippen molar-refractivity contribution in [3.05, 3.63) is 94.6 Å². The van der Waals surface area contributed by atoms with Gasteiger partial charge in [0.2, 0.25) is 5.78 Å². The molecule has 2 unspecified atom stereocenters. The van der Waals surface area contributed by atoms with Gasteiger partial charge in [-0.2, -0.15) is 0 Å². The highest BCUT2D eigenvalue weighted by atomic mass is 16.5. The van der Waals surface area contributed by atoms with Crippen LogP contribution in [0.3, 0.4) is 0 Å². The minimum Gasteiger partial charge on any atom is -0.872 e. The fourth-order valence-corrected chi connectivity index (χ4v) is 6.17. The fourth-order valence-electron chi connectivity index (χ4n) is 6.17. The maximum absolute atomic E-state index is 14.1. The van der Waals surface area contributed by atoms with E-state index in [4.69, 9.17) is 18.9 Å². The molecule has 2 atom stereocenters. The van der Waals surface area contributed by atoms with Gasteiger partial charge in [-0.05, 0) is 60.4 Å². The van der Waals surface area contributed by atoms with Gasteiger partial charge >= 0.3 is 0 Å². The van der Waals surface area contributed by atoms with Gasteiger partial charge in [-0.15, -0.1) is 0 Å². The van der Waals surface area contributed by atoms with Crippen molar-refractivity contribution in [2.45, 2.75) is 39.0 Å². The summed E-state index contributed by atoms with van der Waals surface area (Å²) >= 11 is 0. The second-order valence-electron chi connectivity index (χ2n) is 11.5. The van der Waals surface area contributed by atoms with Crippen LogP contribution in [-0.2, 0) is 27.4 Å². The van der Waals surface area contributed by atoms with Crippen molar-refractivity contribution in [3.63, 3.8) is 0 Å². The van der Waals surface area contributed by atoms with E-state index in [0.29, 0.717) is 68.6 Å².